The summed E-state index contributed by atoms with van der Waals surface area (Å²) in [5.74, 6) is 0.0388. The molecule has 0 aromatic rings. The number of hydrogen-bond donors (Lipinski definition) is 1. The van der Waals surface area contributed by atoms with Gasteiger partial charge in [-0.15, -0.1) is 0 Å². The Kier molecular flexibility index (Phi) is 3.53. The Morgan fingerprint density at radius 3 is 3.08 bits per heavy atom. The molecule has 1 saturated heterocycles. The molecule has 0 aromatic carbocycles. The number of epoxide rings is 1. The Balaban J connectivity index is 2.06. The lowest BCUT2D eigenvalue weighted by molar-refractivity contribution is -0.131. The fraction of sp³-hybridized carbons (Fsp3) is 0.750. The lowest BCUT2D eigenvalue weighted by atomic mass is 10.3. The maximum atomic E-state index is 11.3. The fourth-order valence-electron chi connectivity index (χ4n) is 1.01. The first-order valence-corrected chi connectivity index (χ1v) is 4.24. The average molecular weight is 183 g/mol. The van der Waals surface area contributed by atoms with E-state index in [2.05, 4.69) is 5.32 Å². The summed E-state index contributed by atoms with van der Waals surface area (Å²) in [6, 6.07) is 0. The maximum absolute atomic E-state index is 11.3. The Morgan fingerprint density at radius 1 is 1.85 bits per heavy atom. The molecule has 5 nitrogen and oxygen atoms in total. The first-order valence-electron chi connectivity index (χ1n) is 4.24. The van der Waals surface area contributed by atoms with Crippen LogP contribution in [0.15, 0.2) is 0 Å². The normalized spacial score (nSPS) is 18.9. The molecular weight excluding hydrogens is 170 g/mol. The van der Waals surface area contributed by atoms with Gasteiger partial charge in [0.1, 0.15) is 0 Å². The first-order chi connectivity index (χ1) is 6.25. The highest BCUT2D eigenvalue weighted by Crippen LogP contribution is 2.11. The molecule has 1 fully saturated rings. The quantitative estimate of drug-likeness (QED) is 0.265. The number of amides is 1. The van der Waals surface area contributed by atoms with Crippen LogP contribution in [0, 0.1) is 11.5 Å². The lowest BCUT2D eigenvalue weighted by Gasteiger charge is -2.14. The topological polar surface area (TPSA) is 68.7 Å². The Hall–Kier alpha value is -1.28. The number of carbonyl (C=O) groups is 1. The predicted molar refractivity (Wildman–Crippen MR) is 45.6 cm³/mol. The number of rotatable bonds is 5. The molecule has 5 heteroatoms. The van der Waals surface area contributed by atoms with E-state index in [1.807, 2.05) is 6.19 Å². The van der Waals surface area contributed by atoms with Gasteiger partial charge < -0.3 is 15.0 Å². The van der Waals surface area contributed by atoms with Crippen LogP contribution in [0.1, 0.15) is 6.42 Å². The minimum absolute atomic E-state index is 0.0388. The monoisotopic (exact) mass is 183 g/mol. The third-order valence-corrected chi connectivity index (χ3v) is 1.86. The smallest absolute Gasteiger partial charge is 0.253 e. The molecule has 1 atom stereocenters. The summed E-state index contributed by atoms with van der Waals surface area (Å²) in [6.45, 7) is 1.83. The maximum Gasteiger partial charge on any atom is 0.253 e. The van der Waals surface area contributed by atoms with Crippen molar-refractivity contribution in [1.29, 1.82) is 5.26 Å². The van der Waals surface area contributed by atoms with Crippen LogP contribution in [0.25, 0.3) is 0 Å². The van der Waals surface area contributed by atoms with Gasteiger partial charge in [-0.25, -0.2) is 0 Å². The standard InChI is InChI=1S/C8H13N3O2/c1-11(4-2-3-10-6-9)8(12)7-5-13-7/h7,10H,2-5H2,1H3. The number of nitrogens with zero attached hydrogens (tertiary/aromatic N) is 2. The van der Waals surface area contributed by atoms with E-state index in [0.717, 1.165) is 6.42 Å². The van der Waals surface area contributed by atoms with E-state index < -0.39 is 0 Å². The van der Waals surface area contributed by atoms with E-state index in [0.29, 0.717) is 19.7 Å². The van der Waals surface area contributed by atoms with E-state index in [-0.39, 0.29) is 12.0 Å². The Labute approximate surface area is 77.3 Å². The average Bonchev–Trinajstić information content (AvgIpc) is 2.94. The first kappa shape index (κ1) is 9.81. The molecule has 1 N–H and O–H groups in total. The van der Waals surface area contributed by atoms with Crippen LogP contribution in [0.3, 0.4) is 0 Å². The zero-order valence-corrected chi connectivity index (χ0v) is 7.62. The third-order valence-electron chi connectivity index (χ3n) is 1.86. The third kappa shape index (κ3) is 3.30. The number of nitrogens with one attached hydrogen (secondary N) is 1. The van der Waals surface area contributed by atoms with Crippen molar-refractivity contribution in [1.82, 2.24) is 10.2 Å². The highest BCUT2D eigenvalue weighted by atomic mass is 16.6. The van der Waals surface area contributed by atoms with E-state index in [4.69, 9.17) is 10.00 Å². The molecule has 72 valence electrons. The van der Waals surface area contributed by atoms with Crippen LogP contribution in [0.2, 0.25) is 0 Å². The van der Waals surface area contributed by atoms with Gasteiger partial charge in [-0.1, -0.05) is 0 Å². The van der Waals surface area contributed by atoms with Gasteiger partial charge in [-0.2, -0.15) is 5.26 Å². The fourth-order valence-corrected chi connectivity index (χ4v) is 1.01. The lowest BCUT2D eigenvalue weighted by Crippen LogP contribution is -2.32. The second-order valence-electron chi connectivity index (χ2n) is 2.97. The van der Waals surface area contributed by atoms with E-state index in [1.165, 1.54) is 0 Å². The van der Waals surface area contributed by atoms with Gasteiger partial charge in [0.15, 0.2) is 12.3 Å². The van der Waals surface area contributed by atoms with E-state index >= 15 is 0 Å². The van der Waals surface area contributed by atoms with E-state index in [1.54, 1.807) is 11.9 Å². The van der Waals surface area contributed by atoms with Gasteiger partial charge in [0.05, 0.1) is 6.61 Å². The molecule has 0 aliphatic carbocycles. The molecule has 1 aliphatic heterocycles. The molecule has 1 amide bonds. The Bertz CT molecular complexity index is 220. The summed E-state index contributed by atoms with van der Waals surface area (Å²) in [4.78, 5) is 12.9. The molecule has 1 rings (SSSR count). The van der Waals surface area contributed by atoms with Crippen LogP contribution >= 0.6 is 0 Å². The predicted octanol–water partition coefficient (Wildman–Crippen LogP) is -0.696. The van der Waals surface area contributed by atoms with Gasteiger partial charge in [0, 0.05) is 20.1 Å². The second-order valence-corrected chi connectivity index (χ2v) is 2.97. The van der Waals surface area contributed by atoms with Gasteiger partial charge in [0.2, 0.25) is 0 Å². The van der Waals surface area contributed by atoms with Gasteiger partial charge in [-0.05, 0) is 6.42 Å². The summed E-state index contributed by atoms with van der Waals surface area (Å²) in [5.41, 5.74) is 0. The van der Waals surface area contributed by atoms with Crippen LogP contribution in [0.5, 0.6) is 0 Å². The molecule has 1 unspecified atom stereocenters. The van der Waals surface area contributed by atoms with Crippen LogP contribution < -0.4 is 5.32 Å². The van der Waals surface area contributed by atoms with Gasteiger partial charge >= 0.3 is 0 Å². The highest BCUT2D eigenvalue weighted by molar-refractivity contribution is 5.82. The number of hydrogen-bond acceptors (Lipinski definition) is 4. The van der Waals surface area contributed by atoms with Crippen molar-refractivity contribution in [2.45, 2.75) is 12.5 Å². The van der Waals surface area contributed by atoms with Crippen LogP contribution in [-0.4, -0.2) is 43.7 Å². The van der Waals surface area contributed by atoms with Crippen molar-refractivity contribution in [3.63, 3.8) is 0 Å². The van der Waals surface area contributed by atoms with Crippen LogP contribution in [0.4, 0.5) is 0 Å². The van der Waals surface area contributed by atoms with Crippen molar-refractivity contribution in [2.75, 3.05) is 26.7 Å². The number of nitriles is 1. The van der Waals surface area contributed by atoms with E-state index in [9.17, 15) is 4.79 Å². The molecule has 0 radical (unpaired) electrons. The van der Waals surface area contributed by atoms with Crippen molar-refractivity contribution < 1.29 is 9.53 Å². The SMILES string of the molecule is CN(CCCNC#N)C(=O)C1CO1. The van der Waals surface area contributed by atoms with Crippen molar-refractivity contribution in [3.8, 4) is 6.19 Å². The number of likely N-dealkylation sites (N-methyl/N-ethyl adjacent to an activating group) is 1. The molecule has 1 heterocycles. The van der Waals surface area contributed by atoms with Crippen LogP contribution in [-0.2, 0) is 9.53 Å². The minimum Gasteiger partial charge on any atom is -0.363 e. The summed E-state index contributed by atoms with van der Waals surface area (Å²) in [7, 11) is 1.75. The van der Waals surface area contributed by atoms with Crippen molar-refractivity contribution in [3.05, 3.63) is 0 Å². The van der Waals surface area contributed by atoms with Crippen molar-refractivity contribution in [2.24, 2.45) is 0 Å². The molecule has 0 bridgehead atoms. The Morgan fingerprint density at radius 2 is 2.54 bits per heavy atom. The number of carbonyl (C=O) groups excluding carboxylic acids is 1. The summed E-state index contributed by atoms with van der Waals surface area (Å²) in [5, 5.41) is 10.7. The van der Waals surface area contributed by atoms with Crippen molar-refractivity contribution >= 4 is 5.91 Å². The zero-order chi connectivity index (χ0) is 9.68. The zero-order valence-electron chi connectivity index (χ0n) is 7.62. The second kappa shape index (κ2) is 4.67. The molecular formula is C8H13N3O2. The summed E-state index contributed by atoms with van der Waals surface area (Å²) in [6.07, 6.45) is 2.41. The summed E-state index contributed by atoms with van der Waals surface area (Å²) >= 11 is 0. The molecule has 0 spiro atoms. The largest absolute Gasteiger partial charge is 0.363 e. The van der Waals surface area contributed by atoms with Gasteiger partial charge in [0.25, 0.3) is 5.91 Å². The molecule has 13 heavy (non-hydrogen) atoms. The molecule has 0 saturated carbocycles. The van der Waals surface area contributed by atoms with Gasteiger partial charge in [-0.3, -0.25) is 4.79 Å². The summed E-state index contributed by atoms with van der Waals surface area (Å²) < 4.78 is 4.86. The molecule has 1 aliphatic rings. The minimum atomic E-state index is -0.200. The molecule has 0 aromatic heterocycles. The highest BCUT2D eigenvalue weighted by Gasteiger charge is 2.33. The number of ether oxygens (including phenoxy) is 1.